The van der Waals surface area contributed by atoms with Crippen molar-refractivity contribution in [2.75, 3.05) is 0 Å². The van der Waals surface area contributed by atoms with E-state index in [4.69, 9.17) is 9.97 Å². The third-order valence-electron chi connectivity index (χ3n) is 7.86. The van der Waals surface area contributed by atoms with Gasteiger partial charge in [0.25, 0.3) is 0 Å². The number of hydrogen-bond donors (Lipinski definition) is 0. The van der Waals surface area contributed by atoms with Crippen molar-refractivity contribution in [2.24, 2.45) is 0 Å². The fourth-order valence-electron chi connectivity index (χ4n) is 5.65. The standard InChI is InChI=1S/C38H30N2/c1-38(2,3)30-17-16-27-22-29(15-14-28(27)23-30)35-24-34(26-12-8-5-9-13-26)33-19-18-32-31(25-10-6-4-7-11-25)20-21-39-36(32)37(33)40-35/h4-24H,1-3H3. The third kappa shape index (κ3) is 4.23. The fourth-order valence-corrected chi connectivity index (χ4v) is 5.65. The van der Waals surface area contributed by atoms with Gasteiger partial charge >= 0.3 is 0 Å². The number of fused-ring (bicyclic) bond motifs is 4. The molecule has 0 aliphatic carbocycles. The van der Waals surface area contributed by atoms with Crippen molar-refractivity contribution in [3.63, 3.8) is 0 Å². The zero-order valence-electron chi connectivity index (χ0n) is 23.0. The van der Waals surface area contributed by atoms with Crippen LogP contribution in [-0.4, -0.2) is 9.97 Å². The Balaban J connectivity index is 1.49. The Hall–Kier alpha value is -4.82. The number of benzene rings is 5. The molecule has 0 amide bonds. The van der Waals surface area contributed by atoms with E-state index in [9.17, 15) is 0 Å². The van der Waals surface area contributed by atoms with Gasteiger partial charge in [0.1, 0.15) is 0 Å². The molecule has 0 atom stereocenters. The molecular weight excluding hydrogens is 484 g/mol. The average Bonchev–Trinajstić information content (AvgIpc) is 3.00. The van der Waals surface area contributed by atoms with Crippen molar-refractivity contribution < 1.29 is 0 Å². The predicted molar refractivity (Wildman–Crippen MR) is 170 cm³/mol. The highest BCUT2D eigenvalue weighted by Crippen LogP contribution is 2.38. The molecule has 0 fully saturated rings. The molecular formula is C38H30N2. The Morgan fingerprint density at radius 1 is 0.500 bits per heavy atom. The summed E-state index contributed by atoms with van der Waals surface area (Å²) >= 11 is 0. The smallest absolute Gasteiger partial charge is 0.0978 e. The third-order valence-corrected chi connectivity index (χ3v) is 7.86. The van der Waals surface area contributed by atoms with Crippen molar-refractivity contribution in [3.05, 3.63) is 133 Å². The fraction of sp³-hybridized carbons (Fsp3) is 0.105. The van der Waals surface area contributed by atoms with E-state index < -0.39 is 0 Å². The number of hydrogen-bond acceptors (Lipinski definition) is 2. The van der Waals surface area contributed by atoms with Gasteiger partial charge in [0.05, 0.1) is 16.7 Å². The van der Waals surface area contributed by atoms with E-state index in [2.05, 4.69) is 142 Å². The van der Waals surface area contributed by atoms with Crippen LogP contribution >= 0.6 is 0 Å². The first-order valence-corrected chi connectivity index (χ1v) is 13.8. The van der Waals surface area contributed by atoms with E-state index in [1.54, 1.807) is 0 Å². The minimum Gasteiger partial charge on any atom is -0.254 e. The second kappa shape index (κ2) is 9.43. The summed E-state index contributed by atoms with van der Waals surface area (Å²) < 4.78 is 0. The molecule has 0 N–H and O–H groups in total. The van der Waals surface area contributed by atoms with E-state index >= 15 is 0 Å². The molecule has 0 aliphatic rings. The summed E-state index contributed by atoms with van der Waals surface area (Å²) in [5.41, 5.74) is 10.0. The van der Waals surface area contributed by atoms with Gasteiger partial charge in [0.2, 0.25) is 0 Å². The van der Waals surface area contributed by atoms with Gasteiger partial charge in [-0.05, 0) is 62.2 Å². The van der Waals surface area contributed by atoms with Gasteiger partial charge in [-0.15, -0.1) is 0 Å². The van der Waals surface area contributed by atoms with Crippen LogP contribution in [0.4, 0.5) is 0 Å². The topological polar surface area (TPSA) is 25.8 Å². The van der Waals surface area contributed by atoms with Crippen LogP contribution in [0, 0.1) is 0 Å². The molecule has 2 aromatic heterocycles. The Labute approximate surface area is 235 Å². The molecule has 2 nitrogen and oxygen atoms in total. The second-order valence-electron chi connectivity index (χ2n) is 11.5. The highest BCUT2D eigenvalue weighted by atomic mass is 14.8. The monoisotopic (exact) mass is 514 g/mol. The van der Waals surface area contributed by atoms with Crippen LogP contribution in [0.5, 0.6) is 0 Å². The Morgan fingerprint density at radius 2 is 1.12 bits per heavy atom. The van der Waals surface area contributed by atoms with Gasteiger partial charge in [-0.25, -0.2) is 4.98 Å². The van der Waals surface area contributed by atoms with Crippen molar-refractivity contribution in [1.82, 2.24) is 9.97 Å². The summed E-state index contributed by atoms with van der Waals surface area (Å²) in [4.78, 5) is 10.2. The lowest BCUT2D eigenvalue weighted by atomic mass is 9.85. The molecule has 0 bridgehead atoms. The van der Waals surface area contributed by atoms with E-state index in [0.29, 0.717) is 0 Å². The molecule has 192 valence electrons. The highest BCUT2D eigenvalue weighted by molar-refractivity contribution is 6.12. The molecule has 2 heterocycles. The maximum Gasteiger partial charge on any atom is 0.0978 e. The molecule has 40 heavy (non-hydrogen) atoms. The second-order valence-corrected chi connectivity index (χ2v) is 11.5. The van der Waals surface area contributed by atoms with Crippen molar-refractivity contribution in [1.29, 1.82) is 0 Å². The first-order chi connectivity index (χ1) is 19.5. The van der Waals surface area contributed by atoms with Gasteiger partial charge in [0.15, 0.2) is 0 Å². The summed E-state index contributed by atoms with van der Waals surface area (Å²) in [6.07, 6.45) is 1.91. The quantitative estimate of drug-likeness (QED) is 0.219. The zero-order chi connectivity index (χ0) is 27.3. The van der Waals surface area contributed by atoms with E-state index in [-0.39, 0.29) is 5.41 Å². The summed E-state index contributed by atoms with van der Waals surface area (Å²) in [5, 5.41) is 4.68. The summed E-state index contributed by atoms with van der Waals surface area (Å²) in [5.74, 6) is 0. The van der Waals surface area contributed by atoms with Crippen LogP contribution in [0.2, 0.25) is 0 Å². The van der Waals surface area contributed by atoms with Gasteiger partial charge in [-0.3, -0.25) is 4.98 Å². The zero-order valence-corrected chi connectivity index (χ0v) is 23.0. The summed E-state index contributed by atoms with van der Waals surface area (Å²) in [6, 6.07) is 43.3. The lowest BCUT2D eigenvalue weighted by molar-refractivity contribution is 0.591. The molecule has 5 aromatic carbocycles. The first kappa shape index (κ1) is 24.2. The molecule has 0 aliphatic heterocycles. The van der Waals surface area contributed by atoms with Crippen LogP contribution < -0.4 is 0 Å². The minimum absolute atomic E-state index is 0.115. The summed E-state index contributed by atoms with van der Waals surface area (Å²) in [6.45, 7) is 6.77. The SMILES string of the molecule is CC(C)(C)c1ccc2cc(-c3cc(-c4ccccc4)c4ccc5c(-c6ccccc6)ccnc5c4n3)ccc2c1. The number of nitrogens with zero attached hydrogens (tertiary/aromatic N) is 2. The van der Waals surface area contributed by atoms with Crippen molar-refractivity contribution in [2.45, 2.75) is 26.2 Å². The van der Waals surface area contributed by atoms with Crippen LogP contribution in [0.1, 0.15) is 26.3 Å². The van der Waals surface area contributed by atoms with Crippen molar-refractivity contribution in [3.8, 4) is 33.5 Å². The molecule has 2 heteroatoms. The van der Waals surface area contributed by atoms with Gasteiger partial charge in [-0.2, -0.15) is 0 Å². The highest BCUT2D eigenvalue weighted by Gasteiger charge is 2.16. The van der Waals surface area contributed by atoms with Crippen LogP contribution in [0.15, 0.2) is 128 Å². The maximum absolute atomic E-state index is 5.30. The van der Waals surface area contributed by atoms with Crippen LogP contribution in [0.25, 0.3) is 66.1 Å². The first-order valence-electron chi connectivity index (χ1n) is 13.8. The molecule has 7 rings (SSSR count). The maximum atomic E-state index is 5.30. The normalized spacial score (nSPS) is 11.9. The van der Waals surface area contributed by atoms with E-state index in [1.165, 1.54) is 33.0 Å². The van der Waals surface area contributed by atoms with Crippen molar-refractivity contribution >= 4 is 32.6 Å². The average molecular weight is 515 g/mol. The Bertz CT molecular complexity index is 2020. The van der Waals surface area contributed by atoms with Gasteiger partial charge in [-0.1, -0.05) is 124 Å². The lowest BCUT2D eigenvalue weighted by Crippen LogP contribution is -2.10. The number of pyridine rings is 2. The Morgan fingerprint density at radius 3 is 1.82 bits per heavy atom. The Kier molecular flexibility index (Phi) is 5.71. The molecule has 0 saturated heterocycles. The lowest BCUT2D eigenvalue weighted by Gasteiger charge is -2.19. The largest absolute Gasteiger partial charge is 0.254 e. The van der Waals surface area contributed by atoms with Crippen LogP contribution in [0.3, 0.4) is 0 Å². The molecule has 0 spiro atoms. The van der Waals surface area contributed by atoms with Crippen LogP contribution in [-0.2, 0) is 5.41 Å². The summed E-state index contributed by atoms with van der Waals surface area (Å²) in [7, 11) is 0. The minimum atomic E-state index is 0.115. The predicted octanol–water partition coefficient (Wildman–Crippen LogP) is 10.2. The van der Waals surface area contributed by atoms with Gasteiger partial charge < -0.3 is 0 Å². The van der Waals surface area contributed by atoms with Gasteiger partial charge in [0, 0.05) is 22.5 Å². The molecule has 0 saturated carbocycles. The van der Waals surface area contributed by atoms with E-state index in [0.717, 1.165) is 38.6 Å². The number of aromatic nitrogens is 2. The number of rotatable bonds is 3. The van der Waals surface area contributed by atoms with E-state index in [1.807, 2.05) is 6.20 Å². The molecule has 0 radical (unpaired) electrons. The molecule has 7 aromatic rings. The molecule has 0 unspecified atom stereocenters.